The van der Waals surface area contributed by atoms with E-state index in [4.69, 9.17) is 0 Å². The van der Waals surface area contributed by atoms with Crippen molar-refractivity contribution >= 4 is 5.91 Å². The van der Waals surface area contributed by atoms with Gasteiger partial charge < -0.3 is 4.90 Å². The first kappa shape index (κ1) is 13.7. The van der Waals surface area contributed by atoms with Gasteiger partial charge in [0.2, 0.25) is 5.69 Å². The summed E-state index contributed by atoms with van der Waals surface area (Å²) in [6.07, 6.45) is 0. The smallest absolute Gasteiger partial charge is 0.333 e. The van der Waals surface area contributed by atoms with E-state index in [1.165, 1.54) is 4.90 Å². The summed E-state index contributed by atoms with van der Waals surface area (Å²) < 4.78 is 0. The molecule has 0 atom stereocenters. The van der Waals surface area contributed by atoms with Crippen molar-refractivity contribution in [3.63, 3.8) is 0 Å². The molecular weight excluding hydrogens is 260 g/mol. The van der Waals surface area contributed by atoms with Gasteiger partial charge in [-0.05, 0) is 12.5 Å². The lowest BCUT2D eigenvalue weighted by Crippen LogP contribution is -2.38. The highest BCUT2D eigenvalue weighted by Gasteiger charge is 2.19. The predicted octanol–water partition coefficient (Wildman–Crippen LogP) is 0.120. The first-order chi connectivity index (χ1) is 9.61. The van der Waals surface area contributed by atoms with E-state index in [1.807, 2.05) is 35.3 Å². The standard InChI is InChI=1S/C13H14N4O3/c1-2-17(8-9-6-4-3-5-7-9)12(19)10-11(18)14-13(20)16-15-10/h3-7H,2,8H2,1H3,(H2,14,16,18,20). The lowest BCUT2D eigenvalue weighted by Gasteiger charge is -2.19. The Balaban J connectivity index is 2.25. The van der Waals surface area contributed by atoms with Gasteiger partial charge in [-0.15, -0.1) is 0 Å². The zero-order valence-electron chi connectivity index (χ0n) is 10.9. The Morgan fingerprint density at radius 1 is 1.25 bits per heavy atom. The van der Waals surface area contributed by atoms with Crippen molar-refractivity contribution in [2.75, 3.05) is 6.54 Å². The molecule has 1 heterocycles. The van der Waals surface area contributed by atoms with Crippen LogP contribution in [0.3, 0.4) is 0 Å². The third-order valence-corrected chi connectivity index (χ3v) is 2.80. The molecule has 0 saturated heterocycles. The van der Waals surface area contributed by atoms with E-state index in [1.54, 1.807) is 6.92 Å². The topological polar surface area (TPSA) is 98.9 Å². The summed E-state index contributed by atoms with van der Waals surface area (Å²) in [7, 11) is 0. The lowest BCUT2D eigenvalue weighted by atomic mass is 10.2. The number of nitrogens with one attached hydrogen (secondary N) is 2. The molecule has 1 aromatic carbocycles. The molecule has 1 amide bonds. The minimum Gasteiger partial charge on any atom is -0.333 e. The minimum absolute atomic E-state index is 0.317. The van der Waals surface area contributed by atoms with Crippen LogP contribution >= 0.6 is 0 Å². The van der Waals surface area contributed by atoms with Crippen molar-refractivity contribution in [3.8, 4) is 0 Å². The fourth-order valence-electron chi connectivity index (χ4n) is 1.77. The number of H-pyrrole nitrogens is 2. The molecule has 0 radical (unpaired) electrons. The third-order valence-electron chi connectivity index (χ3n) is 2.80. The van der Waals surface area contributed by atoms with Crippen LogP contribution in [0.4, 0.5) is 0 Å². The van der Waals surface area contributed by atoms with Gasteiger partial charge in [-0.3, -0.25) is 14.6 Å². The molecule has 7 nitrogen and oxygen atoms in total. The molecule has 0 spiro atoms. The van der Waals surface area contributed by atoms with Crippen molar-refractivity contribution in [2.24, 2.45) is 0 Å². The van der Waals surface area contributed by atoms with Crippen LogP contribution in [0.5, 0.6) is 0 Å². The van der Waals surface area contributed by atoms with Crippen LogP contribution in [-0.4, -0.2) is 32.5 Å². The molecule has 20 heavy (non-hydrogen) atoms. The van der Waals surface area contributed by atoms with Crippen LogP contribution in [0.1, 0.15) is 23.0 Å². The van der Waals surface area contributed by atoms with Gasteiger partial charge in [0, 0.05) is 13.1 Å². The van der Waals surface area contributed by atoms with E-state index in [2.05, 4.69) is 10.2 Å². The van der Waals surface area contributed by atoms with E-state index in [-0.39, 0.29) is 5.69 Å². The average Bonchev–Trinajstić information content (AvgIpc) is 2.45. The summed E-state index contributed by atoms with van der Waals surface area (Å²) >= 11 is 0. The summed E-state index contributed by atoms with van der Waals surface area (Å²) in [6, 6.07) is 9.41. The van der Waals surface area contributed by atoms with E-state index in [0.29, 0.717) is 13.1 Å². The maximum Gasteiger partial charge on any atom is 0.342 e. The van der Waals surface area contributed by atoms with Crippen molar-refractivity contribution in [3.05, 3.63) is 62.4 Å². The highest BCUT2D eigenvalue weighted by molar-refractivity contribution is 5.91. The number of carbonyl (C=O) groups is 1. The Labute approximate surface area is 114 Å². The third kappa shape index (κ3) is 3.00. The first-order valence-corrected chi connectivity index (χ1v) is 6.14. The van der Waals surface area contributed by atoms with Gasteiger partial charge in [0.05, 0.1) is 0 Å². The molecule has 1 aromatic heterocycles. The Morgan fingerprint density at radius 3 is 2.55 bits per heavy atom. The second-order valence-corrected chi connectivity index (χ2v) is 4.16. The molecule has 0 aliphatic heterocycles. The summed E-state index contributed by atoms with van der Waals surface area (Å²) in [6.45, 7) is 2.60. The predicted molar refractivity (Wildman–Crippen MR) is 72.3 cm³/mol. The van der Waals surface area contributed by atoms with Gasteiger partial charge >= 0.3 is 5.69 Å². The minimum atomic E-state index is -0.787. The van der Waals surface area contributed by atoms with Crippen LogP contribution in [-0.2, 0) is 6.54 Å². The zero-order chi connectivity index (χ0) is 14.5. The Morgan fingerprint density at radius 2 is 1.95 bits per heavy atom. The summed E-state index contributed by atoms with van der Waals surface area (Å²) in [5.41, 5.74) is -0.895. The van der Waals surface area contributed by atoms with Gasteiger partial charge in [0.1, 0.15) is 0 Å². The number of hydrogen-bond donors (Lipinski definition) is 2. The number of carbonyl (C=O) groups excluding carboxylic acids is 1. The molecule has 2 N–H and O–H groups in total. The number of rotatable bonds is 4. The van der Waals surface area contributed by atoms with Crippen molar-refractivity contribution < 1.29 is 4.79 Å². The number of aromatic nitrogens is 3. The highest BCUT2D eigenvalue weighted by Crippen LogP contribution is 2.06. The molecule has 0 aliphatic rings. The van der Waals surface area contributed by atoms with E-state index in [9.17, 15) is 14.4 Å². The molecule has 0 bridgehead atoms. The number of amides is 1. The Kier molecular flexibility index (Phi) is 4.09. The molecule has 2 aromatic rings. The fourth-order valence-corrected chi connectivity index (χ4v) is 1.77. The number of hydrogen-bond acceptors (Lipinski definition) is 4. The van der Waals surface area contributed by atoms with Crippen LogP contribution in [0.15, 0.2) is 39.9 Å². The lowest BCUT2D eigenvalue weighted by molar-refractivity contribution is 0.0743. The summed E-state index contributed by atoms with van der Waals surface area (Å²) in [5, 5.41) is 5.57. The van der Waals surface area contributed by atoms with E-state index < -0.39 is 17.2 Å². The normalized spacial score (nSPS) is 10.2. The molecule has 0 saturated carbocycles. The number of nitrogens with zero attached hydrogens (tertiary/aromatic N) is 2. The Bertz CT molecular complexity index is 705. The van der Waals surface area contributed by atoms with Crippen molar-refractivity contribution in [1.82, 2.24) is 20.1 Å². The monoisotopic (exact) mass is 274 g/mol. The van der Waals surface area contributed by atoms with E-state index >= 15 is 0 Å². The first-order valence-electron chi connectivity index (χ1n) is 6.14. The van der Waals surface area contributed by atoms with Crippen LogP contribution in [0.2, 0.25) is 0 Å². The largest absolute Gasteiger partial charge is 0.342 e. The Hall–Kier alpha value is -2.70. The SMILES string of the molecule is CCN(Cc1ccccc1)C(=O)c1n[nH]c(=O)[nH]c1=O. The van der Waals surface area contributed by atoms with Crippen molar-refractivity contribution in [1.29, 1.82) is 0 Å². The maximum atomic E-state index is 12.2. The fraction of sp³-hybridized carbons (Fsp3) is 0.231. The average molecular weight is 274 g/mol. The van der Waals surface area contributed by atoms with E-state index in [0.717, 1.165) is 5.56 Å². The molecule has 2 rings (SSSR count). The maximum absolute atomic E-state index is 12.2. The zero-order valence-corrected chi connectivity index (χ0v) is 10.9. The second-order valence-electron chi connectivity index (χ2n) is 4.16. The van der Waals surface area contributed by atoms with Crippen molar-refractivity contribution in [2.45, 2.75) is 13.5 Å². The molecule has 0 unspecified atom stereocenters. The molecule has 104 valence electrons. The molecule has 0 fully saturated rings. The van der Waals surface area contributed by atoms with Crippen LogP contribution in [0, 0.1) is 0 Å². The molecular formula is C13H14N4O3. The second kappa shape index (κ2) is 5.96. The van der Waals surface area contributed by atoms with Gasteiger partial charge in [0.25, 0.3) is 11.5 Å². The molecule has 7 heteroatoms. The highest BCUT2D eigenvalue weighted by atomic mass is 16.2. The quantitative estimate of drug-likeness (QED) is 0.827. The van der Waals surface area contributed by atoms with Crippen LogP contribution < -0.4 is 11.2 Å². The summed E-state index contributed by atoms with van der Waals surface area (Å²) in [4.78, 5) is 38.2. The van der Waals surface area contributed by atoms with Gasteiger partial charge in [-0.1, -0.05) is 30.3 Å². The molecule has 0 aliphatic carbocycles. The number of aromatic amines is 2. The number of benzene rings is 1. The van der Waals surface area contributed by atoms with Gasteiger partial charge in [-0.25, -0.2) is 9.89 Å². The van der Waals surface area contributed by atoms with Gasteiger partial charge in [0.15, 0.2) is 0 Å². The van der Waals surface area contributed by atoms with Crippen LogP contribution in [0.25, 0.3) is 0 Å². The summed E-state index contributed by atoms with van der Waals surface area (Å²) in [5.74, 6) is -0.520. The van der Waals surface area contributed by atoms with Gasteiger partial charge in [-0.2, -0.15) is 5.10 Å².